The molecule has 29 heavy (non-hydrogen) atoms. The zero-order chi connectivity index (χ0) is 21.3. The van der Waals surface area contributed by atoms with Crippen LogP contribution < -0.4 is 0 Å². The second kappa shape index (κ2) is 30.6. The summed E-state index contributed by atoms with van der Waals surface area (Å²) in [6.45, 7) is 9.46. The Bertz CT molecular complexity index is 299. The first-order chi connectivity index (χ1) is 13.6. The van der Waals surface area contributed by atoms with Crippen molar-refractivity contribution in [1.82, 2.24) is 0 Å². The second-order valence-corrected chi connectivity index (χ2v) is 7.62. The summed E-state index contributed by atoms with van der Waals surface area (Å²) < 4.78 is 9.62. The molecule has 0 saturated carbocycles. The molecule has 0 aromatic rings. The standard InChI is InChI=1S/C20H40O3.C4H10O.Na.H/c1-3-4-5-6-7-8-9-10-11-12-13-14-15-16-17-20(22)18-23-19(2)21;1-3-5-4-2;;/h20,22H,3-18H2,1-2H3;3-4H2,1-2H3;;. The maximum atomic E-state index is 10.6. The summed E-state index contributed by atoms with van der Waals surface area (Å²) in [5, 5.41) is 9.61. The molecule has 172 valence electrons. The number of aliphatic hydroxyl groups is 1. The van der Waals surface area contributed by atoms with Crippen molar-refractivity contribution >= 4 is 35.5 Å². The van der Waals surface area contributed by atoms with Gasteiger partial charge in [-0.2, -0.15) is 0 Å². The van der Waals surface area contributed by atoms with Gasteiger partial charge in [0.1, 0.15) is 6.61 Å². The van der Waals surface area contributed by atoms with E-state index in [1.165, 1.54) is 90.4 Å². The van der Waals surface area contributed by atoms with Crippen molar-refractivity contribution in [3.8, 4) is 0 Å². The minimum absolute atomic E-state index is 0. The molecule has 0 radical (unpaired) electrons. The summed E-state index contributed by atoms with van der Waals surface area (Å²) in [6, 6.07) is 0. The Morgan fingerprint density at radius 2 is 1.10 bits per heavy atom. The van der Waals surface area contributed by atoms with E-state index >= 15 is 0 Å². The quantitative estimate of drug-likeness (QED) is 0.152. The molecule has 0 heterocycles. The Morgan fingerprint density at radius 3 is 1.41 bits per heavy atom. The molecule has 0 aliphatic heterocycles. The Morgan fingerprint density at radius 1 is 0.724 bits per heavy atom. The second-order valence-electron chi connectivity index (χ2n) is 7.62. The van der Waals surface area contributed by atoms with Crippen LogP contribution in [0.15, 0.2) is 0 Å². The molecule has 0 aromatic carbocycles. The van der Waals surface area contributed by atoms with Crippen LogP contribution in [0.2, 0.25) is 0 Å². The average Bonchev–Trinajstić information content (AvgIpc) is 2.67. The molecule has 5 heteroatoms. The molecule has 1 N–H and O–H groups in total. The first kappa shape index (κ1) is 34.0. The minimum atomic E-state index is -0.490. The number of rotatable bonds is 19. The van der Waals surface area contributed by atoms with Crippen molar-refractivity contribution in [2.45, 2.75) is 130 Å². The first-order valence-corrected chi connectivity index (χ1v) is 12.0. The van der Waals surface area contributed by atoms with Gasteiger partial charge in [-0.1, -0.05) is 96.8 Å². The number of hydrogen-bond donors (Lipinski definition) is 1. The molecular formula is C24H51NaO4. The van der Waals surface area contributed by atoms with Gasteiger partial charge in [0.05, 0.1) is 6.10 Å². The van der Waals surface area contributed by atoms with Crippen LogP contribution in [0.5, 0.6) is 0 Å². The van der Waals surface area contributed by atoms with Crippen molar-refractivity contribution in [3.05, 3.63) is 0 Å². The number of unbranched alkanes of at least 4 members (excludes halogenated alkanes) is 13. The third kappa shape index (κ3) is 36.1. The zero-order valence-corrected chi connectivity index (χ0v) is 19.5. The summed E-state index contributed by atoms with van der Waals surface area (Å²) in [6.07, 6.45) is 19.0. The molecule has 0 fully saturated rings. The van der Waals surface area contributed by atoms with E-state index < -0.39 is 6.10 Å². The number of hydrogen-bond acceptors (Lipinski definition) is 4. The predicted octanol–water partition coefficient (Wildman–Crippen LogP) is 6.18. The Kier molecular flexibility index (Phi) is 35.9. The number of aliphatic hydroxyl groups excluding tert-OH is 1. The molecule has 1 atom stereocenters. The molecule has 1 unspecified atom stereocenters. The zero-order valence-electron chi connectivity index (χ0n) is 19.5. The fraction of sp³-hybridized carbons (Fsp3) is 0.958. The molecule has 0 spiro atoms. The molecule has 0 saturated heterocycles. The van der Waals surface area contributed by atoms with Crippen molar-refractivity contribution in [2.75, 3.05) is 19.8 Å². The van der Waals surface area contributed by atoms with Crippen LogP contribution >= 0.6 is 0 Å². The molecule has 0 aromatic heterocycles. The van der Waals surface area contributed by atoms with Gasteiger partial charge in [-0.25, -0.2) is 0 Å². The van der Waals surface area contributed by atoms with Gasteiger partial charge in [-0.05, 0) is 20.3 Å². The van der Waals surface area contributed by atoms with Crippen LogP contribution in [0.1, 0.15) is 124 Å². The van der Waals surface area contributed by atoms with E-state index in [2.05, 4.69) is 6.92 Å². The fourth-order valence-corrected chi connectivity index (χ4v) is 3.08. The number of ether oxygens (including phenoxy) is 2. The van der Waals surface area contributed by atoms with Crippen LogP contribution in [0.3, 0.4) is 0 Å². The van der Waals surface area contributed by atoms with Gasteiger partial charge in [-0.15, -0.1) is 0 Å². The number of carbonyl (C=O) groups excluding carboxylic acids is 1. The fourth-order valence-electron chi connectivity index (χ4n) is 3.08. The van der Waals surface area contributed by atoms with Crippen LogP contribution in [0.25, 0.3) is 0 Å². The molecule has 0 aliphatic rings. The van der Waals surface area contributed by atoms with Gasteiger partial charge < -0.3 is 14.6 Å². The van der Waals surface area contributed by atoms with Crippen LogP contribution in [0.4, 0.5) is 0 Å². The molecular weight excluding hydrogens is 375 g/mol. The van der Waals surface area contributed by atoms with Crippen LogP contribution in [0, 0.1) is 0 Å². The van der Waals surface area contributed by atoms with E-state index in [-0.39, 0.29) is 42.1 Å². The Balaban J connectivity index is -0.000000997. The van der Waals surface area contributed by atoms with Gasteiger partial charge in [0.2, 0.25) is 0 Å². The normalized spacial score (nSPS) is 11.2. The Labute approximate surface area is 204 Å². The van der Waals surface area contributed by atoms with Crippen molar-refractivity contribution < 1.29 is 19.4 Å². The number of carbonyl (C=O) groups is 1. The van der Waals surface area contributed by atoms with Gasteiger partial charge in [0.25, 0.3) is 0 Å². The van der Waals surface area contributed by atoms with Crippen molar-refractivity contribution in [3.63, 3.8) is 0 Å². The molecule has 4 nitrogen and oxygen atoms in total. The average molecular weight is 427 g/mol. The van der Waals surface area contributed by atoms with E-state index in [1.54, 1.807) is 0 Å². The molecule has 0 bridgehead atoms. The first-order valence-electron chi connectivity index (χ1n) is 12.0. The number of esters is 1. The monoisotopic (exact) mass is 426 g/mol. The van der Waals surface area contributed by atoms with Gasteiger partial charge >= 0.3 is 35.5 Å². The molecule has 0 amide bonds. The Hall–Kier alpha value is 0.390. The third-order valence-electron chi connectivity index (χ3n) is 4.78. The summed E-state index contributed by atoms with van der Waals surface area (Å²) in [4.78, 5) is 10.6. The summed E-state index contributed by atoms with van der Waals surface area (Å²) in [5.74, 6) is -0.315. The van der Waals surface area contributed by atoms with E-state index in [0.717, 1.165) is 26.1 Å². The van der Waals surface area contributed by atoms with E-state index in [0.29, 0.717) is 0 Å². The topological polar surface area (TPSA) is 55.8 Å². The van der Waals surface area contributed by atoms with Crippen molar-refractivity contribution in [1.29, 1.82) is 0 Å². The van der Waals surface area contributed by atoms with Gasteiger partial charge in [0.15, 0.2) is 0 Å². The van der Waals surface area contributed by atoms with Crippen molar-refractivity contribution in [2.24, 2.45) is 0 Å². The third-order valence-corrected chi connectivity index (χ3v) is 4.78. The van der Waals surface area contributed by atoms with E-state index in [1.807, 2.05) is 13.8 Å². The maximum absolute atomic E-state index is 10.6. The summed E-state index contributed by atoms with van der Waals surface area (Å²) in [7, 11) is 0. The molecule has 0 aliphatic carbocycles. The van der Waals surface area contributed by atoms with Crippen LogP contribution in [-0.2, 0) is 14.3 Å². The van der Waals surface area contributed by atoms with Gasteiger partial charge in [0, 0.05) is 20.1 Å². The van der Waals surface area contributed by atoms with E-state index in [4.69, 9.17) is 9.47 Å². The molecule has 0 rings (SSSR count). The van der Waals surface area contributed by atoms with Gasteiger partial charge in [-0.3, -0.25) is 4.79 Å². The summed E-state index contributed by atoms with van der Waals surface area (Å²) in [5.41, 5.74) is 0. The predicted molar refractivity (Wildman–Crippen MR) is 127 cm³/mol. The van der Waals surface area contributed by atoms with E-state index in [9.17, 15) is 9.90 Å². The SMILES string of the molecule is CCCCCCCCCCCCCCCCC(O)COC(C)=O.CCOCC.[NaH]. The van der Waals surface area contributed by atoms with Crippen LogP contribution in [-0.4, -0.2) is 66.6 Å². The summed E-state index contributed by atoms with van der Waals surface area (Å²) >= 11 is 0.